The van der Waals surface area contributed by atoms with E-state index in [4.69, 9.17) is 24.2 Å². The lowest BCUT2D eigenvalue weighted by Gasteiger charge is -2.44. The topological polar surface area (TPSA) is 164 Å². The summed E-state index contributed by atoms with van der Waals surface area (Å²) in [5.41, 5.74) is 10.2. The maximum Gasteiger partial charge on any atom is 0.324 e. The van der Waals surface area contributed by atoms with Gasteiger partial charge in [-0.15, -0.1) is 11.3 Å². The predicted molar refractivity (Wildman–Crippen MR) is 257 cm³/mol. The van der Waals surface area contributed by atoms with E-state index < -0.39 is 34.6 Å². The number of nitrogens with one attached hydrogen (secondary N) is 2. The zero-order valence-electron chi connectivity index (χ0n) is 39.7. The molecule has 9 rings (SSSR count). The molecule has 4 aromatic rings. The number of hydrogen-bond donors (Lipinski definition) is 2. The van der Waals surface area contributed by atoms with Crippen molar-refractivity contribution in [3.05, 3.63) is 52.1 Å². The lowest BCUT2D eigenvalue weighted by molar-refractivity contribution is -0.155. The van der Waals surface area contributed by atoms with Gasteiger partial charge in [-0.3, -0.25) is 34.1 Å². The number of piperazine rings is 1. The molecule has 5 aliphatic heterocycles. The Labute approximate surface area is 400 Å². The summed E-state index contributed by atoms with van der Waals surface area (Å²) in [5, 5.41) is 7.36. The molecule has 1 aromatic carbocycles. The normalized spacial score (nSPS) is 25.0. The number of esters is 1. The van der Waals surface area contributed by atoms with Crippen molar-refractivity contribution in [2.24, 2.45) is 11.3 Å². The van der Waals surface area contributed by atoms with Crippen molar-refractivity contribution in [3.63, 3.8) is 0 Å². The highest BCUT2D eigenvalue weighted by molar-refractivity contribution is 7.10. The number of piperidine rings is 1. The number of methoxy groups -OCH3 is 1. The summed E-state index contributed by atoms with van der Waals surface area (Å²) in [7, 11) is 5.65. The third kappa shape index (κ3) is 9.79. The number of aromatic nitrogens is 3. The highest BCUT2D eigenvalue weighted by atomic mass is 32.1. The van der Waals surface area contributed by atoms with E-state index in [0.29, 0.717) is 75.9 Å². The summed E-state index contributed by atoms with van der Waals surface area (Å²) in [6, 6.07) is 7.34. The number of hydrazine groups is 1. The Balaban J connectivity index is 1.14. The lowest BCUT2D eigenvalue weighted by Crippen LogP contribution is -2.61. The molecular weight excluding hydrogens is 887 g/mol. The van der Waals surface area contributed by atoms with Gasteiger partial charge in [-0.25, -0.2) is 10.4 Å². The van der Waals surface area contributed by atoms with Crippen molar-refractivity contribution in [1.82, 2.24) is 40.1 Å². The number of nitrogens with zero attached hydrogens (tertiary/aromatic N) is 7. The van der Waals surface area contributed by atoms with Crippen LogP contribution in [0.3, 0.4) is 0 Å². The van der Waals surface area contributed by atoms with Crippen LogP contribution in [0.4, 0.5) is 5.69 Å². The molecule has 6 bridgehead atoms. The van der Waals surface area contributed by atoms with Crippen LogP contribution in [-0.4, -0.2) is 154 Å². The molecule has 0 aliphatic carbocycles. The lowest BCUT2D eigenvalue weighted by atomic mass is 9.84. The molecule has 4 saturated heterocycles. The number of likely N-dealkylation sites (tertiary alicyclic amines) is 1. The summed E-state index contributed by atoms with van der Waals surface area (Å²) in [6.07, 6.45) is 5.08. The largest absolute Gasteiger partial charge is 0.464 e. The van der Waals surface area contributed by atoms with E-state index in [1.165, 1.54) is 23.3 Å². The van der Waals surface area contributed by atoms with E-state index in [-0.39, 0.29) is 30.7 Å². The maximum atomic E-state index is 14.4. The standard InChI is InChI=1S/C49H64N9O7SSi/c1-7-57-41-13-12-31-20-35(41)37(43(57)36-21-33(24-50-44(36)49(5,67)63-6)56-17-16-54-18-19-64-27-34(54)26-56)23-48(3,4)29-65-47(62)38-11-9-15-58(53-38)46(61)39(22-42-51-40(31)28-66-42)52-45(60)32-10-8-14-55(25-32)30(2)59/h12-13,20-21,24,28,32,34,38-39,53H,7-11,14-19,22-23,25-27,29H2,1-6H3,(H,52,60)/t32-,34+,38+,39+,49-/m1/s1. The number of fused-ring (bicyclic) bond motifs is 7. The molecule has 0 spiro atoms. The van der Waals surface area contributed by atoms with Crippen LogP contribution in [0.15, 0.2) is 35.8 Å². The van der Waals surface area contributed by atoms with Gasteiger partial charge in [0.05, 0.1) is 81.2 Å². The van der Waals surface area contributed by atoms with Gasteiger partial charge < -0.3 is 33.9 Å². The number of carbonyl (C=O) groups excluding carboxylic acids is 4. The van der Waals surface area contributed by atoms with Gasteiger partial charge >= 0.3 is 5.97 Å². The molecular formula is C49H64N9O7SSi. The smallest absolute Gasteiger partial charge is 0.324 e. The van der Waals surface area contributed by atoms with Crippen LogP contribution in [0.2, 0.25) is 0 Å². The van der Waals surface area contributed by atoms with Crippen LogP contribution in [0.25, 0.3) is 33.4 Å². The fraction of sp³-hybridized carbons (Fsp3) is 0.592. The van der Waals surface area contributed by atoms with E-state index in [2.05, 4.69) is 80.4 Å². The van der Waals surface area contributed by atoms with Crippen LogP contribution < -0.4 is 15.6 Å². The molecule has 3 aromatic heterocycles. The molecule has 3 amide bonds. The van der Waals surface area contributed by atoms with Gasteiger partial charge in [0.15, 0.2) is 0 Å². The quantitative estimate of drug-likeness (QED) is 0.200. The van der Waals surface area contributed by atoms with E-state index in [1.54, 1.807) is 12.0 Å². The molecule has 67 heavy (non-hydrogen) atoms. The highest BCUT2D eigenvalue weighted by Crippen LogP contribution is 2.44. The molecule has 8 heterocycles. The zero-order valence-corrected chi connectivity index (χ0v) is 41.5. The summed E-state index contributed by atoms with van der Waals surface area (Å²) < 4.78 is 20.6. The third-order valence-electron chi connectivity index (χ3n) is 14.4. The second-order valence-corrected chi connectivity index (χ2v) is 21.7. The number of ether oxygens (including phenoxy) is 3. The van der Waals surface area contributed by atoms with Crippen LogP contribution >= 0.6 is 11.3 Å². The Bertz CT molecular complexity index is 2530. The van der Waals surface area contributed by atoms with Gasteiger partial charge in [-0.1, -0.05) is 19.9 Å². The molecule has 0 saturated carbocycles. The fourth-order valence-electron chi connectivity index (χ4n) is 10.5. The number of cyclic esters (lactones) is 1. The van der Waals surface area contributed by atoms with Crippen LogP contribution in [0.1, 0.15) is 76.6 Å². The van der Waals surface area contributed by atoms with Gasteiger partial charge in [0, 0.05) is 106 Å². The summed E-state index contributed by atoms with van der Waals surface area (Å²) in [5.74, 6) is -1.57. The summed E-state index contributed by atoms with van der Waals surface area (Å²) >= 11 is 1.45. The number of thiazole rings is 1. The average molecular weight is 951 g/mol. The number of morpholine rings is 1. The molecule has 5 aliphatic rings. The number of carbonyl (C=O) groups is 4. The van der Waals surface area contributed by atoms with E-state index >= 15 is 0 Å². The number of pyridine rings is 1. The van der Waals surface area contributed by atoms with Crippen LogP contribution in [0.5, 0.6) is 0 Å². The highest BCUT2D eigenvalue weighted by Gasteiger charge is 2.38. The number of aryl methyl sites for hydroxylation is 1. The van der Waals surface area contributed by atoms with Crippen LogP contribution in [0, 0.1) is 11.3 Å². The first-order valence-corrected chi connectivity index (χ1v) is 25.3. The Morgan fingerprint density at radius 2 is 1.91 bits per heavy atom. The van der Waals surface area contributed by atoms with Crippen molar-refractivity contribution in [2.45, 2.75) is 103 Å². The van der Waals surface area contributed by atoms with Crippen molar-refractivity contribution < 1.29 is 33.4 Å². The monoisotopic (exact) mass is 950 g/mol. The van der Waals surface area contributed by atoms with E-state index in [9.17, 15) is 19.2 Å². The SMILES string of the molecule is CCn1c(-c2cc(N3CCN4CCOC[C@@H]4C3)cnc2[C@@](C)([Si])OC)c2c3cc(ccc31)-c1csc(n1)C[C@H](NC(=O)[C@@H]1CCCN(C(C)=O)C1)C(=O)N1CCC[C@H](N1)C(=O)OCC(C)(C)C2. The van der Waals surface area contributed by atoms with E-state index in [1.807, 2.05) is 18.5 Å². The molecule has 4 fully saturated rings. The second-order valence-electron chi connectivity index (χ2n) is 19.8. The number of rotatable bonds is 7. The second kappa shape index (κ2) is 19.3. The van der Waals surface area contributed by atoms with Crippen molar-refractivity contribution in [2.75, 3.05) is 77.6 Å². The van der Waals surface area contributed by atoms with Gasteiger partial charge in [-0.05, 0) is 69.7 Å². The van der Waals surface area contributed by atoms with Gasteiger partial charge in [0.25, 0.3) is 5.91 Å². The maximum absolute atomic E-state index is 14.4. The number of anilines is 1. The van der Waals surface area contributed by atoms with Crippen molar-refractivity contribution in [1.29, 1.82) is 0 Å². The Kier molecular flexibility index (Phi) is 13.7. The molecule has 3 radical (unpaired) electrons. The van der Waals surface area contributed by atoms with Crippen molar-refractivity contribution in [3.8, 4) is 22.5 Å². The van der Waals surface area contributed by atoms with Crippen LogP contribution in [-0.2, 0) is 58.0 Å². The Hall–Kier alpha value is -4.72. The number of hydrogen-bond acceptors (Lipinski definition) is 13. The van der Waals surface area contributed by atoms with Gasteiger partial charge in [0.2, 0.25) is 11.8 Å². The van der Waals surface area contributed by atoms with Crippen molar-refractivity contribution >= 4 is 61.9 Å². The van der Waals surface area contributed by atoms with Gasteiger partial charge in [0.1, 0.15) is 12.1 Å². The molecule has 16 nitrogen and oxygen atoms in total. The van der Waals surface area contributed by atoms with E-state index in [0.717, 1.165) is 83.1 Å². The summed E-state index contributed by atoms with van der Waals surface area (Å²) in [4.78, 5) is 71.6. The molecule has 0 unspecified atom stereocenters. The third-order valence-corrected chi connectivity index (χ3v) is 15.7. The zero-order chi connectivity index (χ0) is 47.2. The predicted octanol–water partition coefficient (Wildman–Crippen LogP) is 4.26. The van der Waals surface area contributed by atoms with Gasteiger partial charge in [-0.2, -0.15) is 0 Å². The molecule has 2 N–H and O–H groups in total. The minimum Gasteiger partial charge on any atom is -0.464 e. The Morgan fingerprint density at radius 3 is 2.70 bits per heavy atom. The Morgan fingerprint density at radius 1 is 1.09 bits per heavy atom. The average Bonchev–Trinajstić information content (AvgIpc) is 3.93. The first-order valence-electron chi connectivity index (χ1n) is 23.9. The minimum absolute atomic E-state index is 0.0738. The summed E-state index contributed by atoms with van der Waals surface area (Å²) in [6.45, 7) is 17.1. The fourth-order valence-corrected chi connectivity index (χ4v) is 11.6. The number of amides is 3. The first kappa shape index (κ1) is 47.3. The first-order chi connectivity index (χ1) is 32.1. The molecule has 357 valence electrons. The molecule has 18 heteroatoms. The number of benzene rings is 1. The minimum atomic E-state index is -0.958. The molecule has 5 atom stereocenters.